The van der Waals surface area contributed by atoms with Crippen LogP contribution in [0.15, 0.2) is 23.1 Å². The third-order valence-corrected chi connectivity index (χ3v) is 4.04. The molecular formula is C13H18ClNO4S. The molecule has 0 saturated carbocycles. The van der Waals surface area contributed by atoms with Crippen molar-refractivity contribution < 1.29 is 17.9 Å². The molecule has 0 fully saturated rings. The molecule has 0 radical (unpaired) electrons. The van der Waals surface area contributed by atoms with Crippen LogP contribution in [0, 0.1) is 6.92 Å². The Labute approximate surface area is 123 Å². The van der Waals surface area contributed by atoms with Crippen molar-refractivity contribution >= 4 is 25.6 Å². The zero-order valence-corrected chi connectivity index (χ0v) is 13.4. The molecule has 1 amide bonds. The van der Waals surface area contributed by atoms with E-state index in [0.717, 1.165) is 0 Å². The number of hydrogen-bond donors (Lipinski definition) is 1. The first kappa shape index (κ1) is 16.9. The predicted octanol–water partition coefficient (Wildman–Crippen LogP) is 2.08. The van der Waals surface area contributed by atoms with E-state index in [1.165, 1.54) is 12.1 Å². The summed E-state index contributed by atoms with van der Waals surface area (Å²) in [6.07, 6.45) is 0. The van der Waals surface area contributed by atoms with Crippen LogP contribution in [0.3, 0.4) is 0 Å². The molecule has 1 rings (SSSR count). The molecule has 0 bridgehead atoms. The average Bonchev–Trinajstić information content (AvgIpc) is 2.26. The maximum Gasteiger partial charge on any atom is 0.261 e. The van der Waals surface area contributed by atoms with Gasteiger partial charge in [0.1, 0.15) is 0 Å². The standard InChI is InChI=1S/C13H18ClNO4S/c1-9-5-6-10(20(14,17)18)7-11(9)12(16)15-13(2,3)8-19-4/h5-7H,8H2,1-4H3,(H,15,16). The summed E-state index contributed by atoms with van der Waals surface area (Å²) in [7, 11) is 2.97. The number of ether oxygens (including phenoxy) is 1. The number of nitrogens with one attached hydrogen (secondary N) is 1. The Hall–Kier alpha value is -1.11. The van der Waals surface area contributed by atoms with Gasteiger partial charge in [-0.15, -0.1) is 0 Å². The number of halogens is 1. The van der Waals surface area contributed by atoms with E-state index in [-0.39, 0.29) is 16.4 Å². The molecule has 0 aliphatic rings. The maximum absolute atomic E-state index is 12.2. The first-order valence-electron chi connectivity index (χ1n) is 5.93. The third-order valence-electron chi connectivity index (χ3n) is 2.69. The maximum atomic E-state index is 12.2. The zero-order valence-electron chi connectivity index (χ0n) is 11.9. The second-order valence-corrected chi connectivity index (χ2v) is 7.75. The number of benzene rings is 1. The van der Waals surface area contributed by atoms with Crippen molar-refractivity contribution in [3.63, 3.8) is 0 Å². The van der Waals surface area contributed by atoms with Crippen LogP contribution in [0.5, 0.6) is 0 Å². The van der Waals surface area contributed by atoms with Crippen molar-refractivity contribution in [1.82, 2.24) is 5.32 Å². The van der Waals surface area contributed by atoms with Gasteiger partial charge in [-0.2, -0.15) is 0 Å². The lowest BCUT2D eigenvalue weighted by molar-refractivity contribution is 0.0819. The van der Waals surface area contributed by atoms with E-state index in [0.29, 0.717) is 12.2 Å². The lowest BCUT2D eigenvalue weighted by Crippen LogP contribution is -2.47. The van der Waals surface area contributed by atoms with E-state index >= 15 is 0 Å². The number of carbonyl (C=O) groups excluding carboxylic acids is 1. The Morgan fingerprint density at radius 2 is 2.00 bits per heavy atom. The van der Waals surface area contributed by atoms with E-state index in [2.05, 4.69) is 5.32 Å². The topological polar surface area (TPSA) is 72.5 Å². The molecule has 0 spiro atoms. The quantitative estimate of drug-likeness (QED) is 0.843. The molecule has 0 heterocycles. The summed E-state index contributed by atoms with van der Waals surface area (Å²) < 4.78 is 27.7. The second-order valence-electron chi connectivity index (χ2n) is 5.19. The van der Waals surface area contributed by atoms with Crippen molar-refractivity contribution in [3.05, 3.63) is 29.3 Å². The van der Waals surface area contributed by atoms with E-state index in [1.54, 1.807) is 20.1 Å². The minimum absolute atomic E-state index is 0.0977. The van der Waals surface area contributed by atoms with Crippen LogP contribution in [0.1, 0.15) is 29.8 Å². The van der Waals surface area contributed by atoms with E-state index in [4.69, 9.17) is 15.4 Å². The SMILES string of the molecule is COCC(C)(C)NC(=O)c1cc(S(=O)(=O)Cl)ccc1C. The minimum atomic E-state index is -3.86. The van der Waals surface area contributed by atoms with Crippen LogP contribution in [-0.2, 0) is 13.8 Å². The van der Waals surface area contributed by atoms with Gasteiger partial charge in [-0.05, 0) is 38.5 Å². The summed E-state index contributed by atoms with van der Waals surface area (Å²) in [5.41, 5.74) is 0.379. The van der Waals surface area contributed by atoms with Crippen LogP contribution in [-0.4, -0.2) is 33.6 Å². The number of carbonyl (C=O) groups is 1. The van der Waals surface area contributed by atoms with Gasteiger partial charge in [-0.1, -0.05) is 6.07 Å². The number of amides is 1. The van der Waals surface area contributed by atoms with Gasteiger partial charge in [0, 0.05) is 23.4 Å². The fourth-order valence-corrected chi connectivity index (χ4v) is 2.55. The highest BCUT2D eigenvalue weighted by Crippen LogP contribution is 2.19. The van der Waals surface area contributed by atoms with Crippen LogP contribution in [0.2, 0.25) is 0 Å². The molecule has 112 valence electrons. The molecule has 0 atom stereocenters. The van der Waals surface area contributed by atoms with Crippen molar-refractivity contribution in [2.45, 2.75) is 31.2 Å². The normalized spacial score (nSPS) is 12.2. The van der Waals surface area contributed by atoms with Gasteiger partial charge in [-0.3, -0.25) is 4.79 Å². The zero-order chi connectivity index (χ0) is 15.6. The molecule has 1 aromatic carbocycles. The number of hydrogen-bond acceptors (Lipinski definition) is 4. The van der Waals surface area contributed by atoms with Gasteiger partial charge in [0.15, 0.2) is 0 Å². The van der Waals surface area contributed by atoms with Gasteiger partial charge >= 0.3 is 0 Å². The van der Waals surface area contributed by atoms with Crippen LogP contribution < -0.4 is 5.32 Å². The van der Waals surface area contributed by atoms with Crippen LogP contribution in [0.25, 0.3) is 0 Å². The summed E-state index contributed by atoms with van der Waals surface area (Å²) in [6, 6.07) is 4.19. The van der Waals surface area contributed by atoms with Gasteiger partial charge in [-0.25, -0.2) is 8.42 Å². The van der Waals surface area contributed by atoms with Crippen molar-refractivity contribution in [2.75, 3.05) is 13.7 Å². The summed E-state index contributed by atoms with van der Waals surface area (Å²) in [4.78, 5) is 12.1. The third kappa shape index (κ3) is 4.47. The monoisotopic (exact) mass is 319 g/mol. The lowest BCUT2D eigenvalue weighted by Gasteiger charge is -2.25. The average molecular weight is 320 g/mol. The van der Waals surface area contributed by atoms with Crippen LogP contribution in [0.4, 0.5) is 0 Å². The molecule has 0 aromatic heterocycles. The van der Waals surface area contributed by atoms with Crippen molar-refractivity contribution in [2.24, 2.45) is 0 Å². The fourth-order valence-electron chi connectivity index (χ4n) is 1.77. The van der Waals surface area contributed by atoms with Gasteiger partial charge in [0.2, 0.25) is 0 Å². The van der Waals surface area contributed by atoms with Crippen LogP contribution >= 0.6 is 10.7 Å². The molecule has 7 heteroatoms. The Morgan fingerprint density at radius 1 is 1.40 bits per heavy atom. The van der Waals surface area contributed by atoms with E-state index < -0.39 is 14.6 Å². The highest BCUT2D eigenvalue weighted by atomic mass is 35.7. The van der Waals surface area contributed by atoms with Crippen molar-refractivity contribution in [3.8, 4) is 0 Å². The first-order valence-corrected chi connectivity index (χ1v) is 8.24. The second kappa shape index (κ2) is 6.11. The molecule has 1 aromatic rings. The largest absolute Gasteiger partial charge is 0.382 e. The summed E-state index contributed by atoms with van der Waals surface area (Å²) in [6.45, 7) is 5.69. The Balaban J connectivity index is 3.10. The highest BCUT2D eigenvalue weighted by molar-refractivity contribution is 8.13. The minimum Gasteiger partial charge on any atom is -0.382 e. The Bertz CT molecular complexity index is 611. The molecule has 20 heavy (non-hydrogen) atoms. The van der Waals surface area contributed by atoms with Gasteiger partial charge in [0.05, 0.1) is 17.0 Å². The molecule has 0 aliphatic carbocycles. The molecule has 0 saturated heterocycles. The predicted molar refractivity (Wildman–Crippen MR) is 77.6 cm³/mol. The number of methoxy groups -OCH3 is 1. The summed E-state index contributed by atoms with van der Waals surface area (Å²) in [5.74, 6) is -0.369. The Morgan fingerprint density at radius 3 is 2.50 bits per heavy atom. The van der Waals surface area contributed by atoms with Gasteiger partial charge < -0.3 is 10.1 Å². The van der Waals surface area contributed by atoms with Gasteiger partial charge in [0.25, 0.3) is 15.0 Å². The Kier molecular flexibility index (Phi) is 5.18. The smallest absolute Gasteiger partial charge is 0.261 e. The molecule has 0 unspecified atom stereocenters. The molecular weight excluding hydrogens is 302 g/mol. The summed E-state index contributed by atoms with van der Waals surface area (Å²) in [5, 5.41) is 2.79. The molecule has 5 nitrogen and oxygen atoms in total. The summed E-state index contributed by atoms with van der Waals surface area (Å²) >= 11 is 0. The molecule has 1 N–H and O–H groups in total. The van der Waals surface area contributed by atoms with E-state index in [1.807, 2.05) is 13.8 Å². The first-order chi connectivity index (χ1) is 9.07. The van der Waals surface area contributed by atoms with Crippen molar-refractivity contribution in [1.29, 1.82) is 0 Å². The fraction of sp³-hybridized carbons (Fsp3) is 0.462. The number of rotatable bonds is 5. The highest BCUT2D eigenvalue weighted by Gasteiger charge is 2.23. The lowest BCUT2D eigenvalue weighted by atomic mass is 10.0. The van der Waals surface area contributed by atoms with E-state index in [9.17, 15) is 13.2 Å². The molecule has 0 aliphatic heterocycles. The number of aryl methyl sites for hydroxylation is 1.